The van der Waals surface area contributed by atoms with Crippen LogP contribution in [0.25, 0.3) is 0 Å². The van der Waals surface area contributed by atoms with Gasteiger partial charge in [0.15, 0.2) is 0 Å². The molecule has 0 amide bonds. The molecule has 0 saturated carbocycles. The Labute approximate surface area is 78.9 Å². The molecule has 0 atom stereocenters. The first-order chi connectivity index (χ1) is 6.69. The van der Waals surface area contributed by atoms with Crippen LogP contribution in [0, 0.1) is 21.4 Å². The second kappa shape index (κ2) is 4.00. The molecule has 6 heteroatoms. The van der Waals surface area contributed by atoms with Crippen LogP contribution in [-0.4, -0.2) is 16.3 Å². The van der Waals surface area contributed by atoms with Crippen molar-refractivity contribution in [2.24, 2.45) is 5.16 Å². The van der Waals surface area contributed by atoms with E-state index in [2.05, 4.69) is 5.16 Å². The smallest absolute Gasteiger partial charge is 0.279 e. The number of nitrogens with zero attached hydrogens (tertiary/aromatic N) is 3. The van der Waals surface area contributed by atoms with Gasteiger partial charge in [0.1, 0.15) is 0 Å². The standard InChI is InChI=1S/C8H5N3O3/c9-4-6-1-2-7(5-10-12)8(3-6)11(13)14/h1-3,5,12H/b10-5-. The third-order valence-electron chi connectivity index (χ3n) is 1.55. The van der Waals surface area contributed by atoms with Crippen LogP contribution in [0.3, 0.4) is 0 Å². The van der Waals surface area contributed by atoms with E-state index in [9.17, 15) is 10.1 Å². The van der Waals surface area contributed by atoms with Crippen molar-refractivity contribution in [2.75, 3.05) is 0 Å². The fourth-order valence-corrected chi connectivity index (χ4v) is 0.943. The van der Waals surface area contributed by atoms with Crippen LogP contribution < -0.4 is 0 Å². The van der Waals surface area contributed by atoms with Crippen molar-refractivity contribution in [3.63, 3.8) is 0 Å². The second-order valence-corrected chi connectivity index (χ2v) is 2.39. The fraction of sp³-hybridized carbons (Fsp3) is 0. The van der Waals surface area contributed by atoms with Gasteiger partial charge >= 0.3 is 0 Å². The molecule has 14 heavy (non-hydrogen) atoms. The van der Waals surface area contributed by atoms with Gasteiger partial charge in [0.05, 0.1) is 28.3 Å². The molecule has 0 aliphatic carbocycles. The zero-order valence-electron chi connectivity index (χ0n) is 6.91. The van der Waals surface area contributed by atoms with Gasteiger partial charge < -0.3 is 5.21 Å². The molecule has 0 heterocycles. The largest absolute Gasteiger partial charge is 0.411 e. The zero-order valence-corrected chi connectivity index (χ0v) is 6.91. The van der Waals surface area contributed by atoms with E-state index in [0.29, 0.717) is 0 Å². The summed E-state index contributed by atoms with van der Waals surface area (Å²) in [7, 11) is 0. The third-order valence-corrected chi connectivity index (χ3v) is 1.55. The lowest BCUT2D eigenvalue weighted by atomic mass is 10.1. The van der Waals surface area contributed by atoms with Gasteiger partial charge in [-0.25, -0.2) is 0 Å². The molecule has 0 aliphatic heterocycles. The Kier molecular flexibility index (Phi) is 2.76. The van der Waals surface area contributed by atoms with Crippen LogP contribution in [0.2, 0.25) is 0 Å². The molecule has 1 rings (SSSR count). The predicted octanol–water partition coefficient (Wildman–Crippen LogP) is 1.27. The maximum Gasteiger partial charge on any atom is 0.279 e. The number of oxime groups is 1. The van der Waals surface area contributed by atoms with Crippen LogP contribution in [0.4, 0.5) is 5.69 Å². The van der Waals surface area contributed by atoms with Gasteiger partial charge in [0.2, 0.25) is 0 Å². The van der Waals surface area contributed by atoms with Crippen LogP contribution in [0.1, 0.15) is 11.1 Å². The summed E-state index contributed by atoms with van der Waals surface area (Å²) in [4.78, 5) is 9.88. The molecule has 1 aromatic rings. The molecule has 70 valence electrons. The van der Waals surface area contributed by atoms with Gasteiger partial charge in [0, 0.05) is 6.07 Å². The molecular weight excluding hydrogens is 186 g/mol. The number of nitro benzene ring substituents is 1. The monoisotopic (exact) mass is 191 g/mol. The summed E-state index contributed by atoms with van der Waals surface area (Å²) in [5.74, 6) is 0. The van der Waals surface area contributed by atoms with Crippen LogP contribution in [0.15, 0.2) is 23.4 Å². The van der Waals surface area contributed by atoms with Gasteiger partial charge in [-0.3, -0.25) is 10.1 Å². The minimum Gasteiger partial charge on any atom is -0.411 e. The molecule has 0 fully saturated rings. The lowest BCUT2D eigenvalue weighted by molar-refractivity contribution is -0.385. The maximum absolute atomic E-state index is 10.5. The number of nitro groups is 1. The van der Waals surface area contributed by atoms with E-state index in [1.54, 1.807) is 6.07 Å². The molecule has 0 saturated heterocycles. The molecule has 0 spiro atoms. The highest BCUT2D eigenvalue weighted by Gasteiger charge is 2.12. The van der Waals surface area contributed by atoms with E-state index >= 15 is 0 Å². The Balaban J connectivity index is 3.32. The number of hydrogen-bond acceptors (Lipinski definition) is 5. The Morgan fingerprint density at radius 3 is 2.86 bits per heavy atom. The van der Waals surface area contributed by atoms with Gasteiger partial charge in [-0.05, 0) is 12.1 Å². The fourth-order valence-electron chi connectivity index (χ4n) is 0.943. The molecule has 0 aromatic heterocycles. The molecule has 0 bridgehead atoms. The van der Waals surface area contributed by atoms with Gasteiger partial charge in [-0.1, -0.05) is 5.16 Å². The molecule has 0 aliphatic rings. The van der Waals surface area contributed by atoms with Crippen LogP contribution in [0.5, 0.6) is 0 Å². The van der Waals surface area contributed by atoms with Crippen molar-refractivity contribution in [3.8, 4) is 6.07 Å². The summed E-state index contributed by atoms with van der Waals surface area (Å²) in [6.07, 6.45) is 0.944. The molecular formula is C8H5N3O3. The molecule has 0 radical (unpaired) electrons. The molecule has 1 aromatic carbocycles. The first-order valence-electron chi connectivity index (χ1n) is 3.55. The average molecular weight is 191 g/mol. The maximum atomic E-state index is 10.5. The van der Waals surface area contributed by atoms with Crippen molar-refractivity contribution in [1.82, 2.24) is 0 Å². The number of rotatable bonds is 2. The van der Waals surface area contributed by atoms with Gasteiger partial charge in [-0.15, -0.1) is 0 Å². The van der Waals surface area contributed by atoms with E-state index in [4.69, 9.17) is 10.5 Å². The zero-order chi connectivity index (χ0) is 10.6. The van der Waals surface area contributed by atoms with Crippen LogP contribution >= 0.6 is 0 Å². The molecule has 0 unspecified atom stereocenters. The van der Waals surface area contributed by atoms with Crippen molar-refractivity contribution in [2.45, 2.75) is 0 Å². The predicted molar refractivity (Wildman–Crippen MR) is 47.2 cm³/mol. The minimum atomic E-state index is -0.641. The summed E-state index contributed by atoms with van der Waals surface area (Å²) < 4.78 is 0. The Hall–Kier alpha value is -2.42. The first-order valence-corrected chi connectivity index (χ1v) is 3.55. The van der Waals surface area contributed by atoms with Crippen molar-refractivity contribution < 1.29 is 10.1 Å². The highest BCUT2D eigenvalue weighted by molar-refractivity contribution is 5.85. The first kappa shape index (κ1) is 9.67. The Morgan fingerprint density at radius 1 is 1.64 bits per heavy atom. The molecule has 1 N–H and O–H groups in total. The summed E-state index contributed by atoms with van der Waals surface area (Å²) in [5, 5.41) is 30.0. The normalized spacial score (nSPS) is 9.93. The Bertz CT molecular complexity index is 434. The minimum absolute atomic E-state index is 0.150. The van der Waals surface area contributed by atoms with Gasteiger partial charge in [0.25, 0.3) is 5.69 Å². The summed E-state index contributed by atoms with van der Waals surface area (Å²) >= 11 is 0. The number of benzene rings is 1. The SMILES string of the molecule is N#Cc1ccc(/C=N\O)c([N+](=O)[O-])c1. The quantitative estimate of drug-likeness (QED) is 0.329. The van der Waals surface area contributed by atoms with E-state index in [1.807, 2.05) is 0 Å². The van der Waals surface area contributed by atoms with E-state index in [0.717, 1.165) is 12.3 Å². The van der Waals surface area contributed by atoms with Crippen molar-refractivity contribution >= 4 is 11.9 Å². The number of hydrogen-bond donors (Lipinski definition) is 1. The lowest BCUT2D eigenvalue weighted by Gasteiger charge is -1.95. The van der Waals surface area contributed by atoms with E-state index in [1.165, 1.54) is 12.1 Å². The number of nitriles is 1. The Morgan fingerprint density at radius 2 is 2.36 bits per heavy atom. The molecule has 6 nitrogen and oxygen atoms in total. The summed E-state index contributed by atoms with van der Waals surface area (Å²) in [6.45, 7) is 0. The third kappa shape index (κ3) is 1.84. The topological polar surface area (TPSA) is 99.5 Å². The lowest BCUT2D eigenvalue weighted by Crippen LogP contribution is -1.95. The highest BCUT2D eigenvalue weighted by Crippen LogP contribution is 2.18. The average Bonchev–Trinajstić information content (AvgIpc) is 2.18. The summed E-state index contributed by atoms with van der Waals surface area (Å²) in [6, 6.07) is 5.65. The highest BCUT2D eigenvalue weighted by atomic mass is 16.6. The summed E-state index contributed by atoms with van der Waals surface area (Å²) in [5.41, 5.74) is 0.0742. The van der Waals surface area contributed by atoms with E-state index in [-0.39, 0.29) is 16.8 Å². The van der Waals surface area contributed by atoms with E-state index < -0.39 is 4.92 Å². The van der Waals surface area contributed by atoms with Crippen molar-refractivity contribution in [3.05, 3.63) is 39.4 Å². The van der Waals surface area contributed by atoms with Crippen LogP contribution in [-0.2, 0) is 0 Å². The second-order valence-electron chi connectivity index (χ2n) is 2.39. The van der Waals surface area contributed by atoms with Crippen molar-refractivity contribution in [1.29, 1.82) is 5.26 Å². The van der Waals surface area contributed by atoms with Gasteiger partial charge in [-0.2, -0.15) is 5.26 Å².